The second kappa shape index (κ2) is 6.13. The second-order valence-corrected chi connectivity index (χ2v) is 5.99. The van der Waals surface area contributed by atoms with Gasteiger partial charge in [-0.2, -0.15) is 0 Å². The zero-order chi connectivity index (χ0) is 14.8. The first-order valence-corrected chi connectivity index (χ1v) is 7.65. The van der Waals surface area contributed by atoms with E-state index in [1.54, 1.807) is 10.7 Å². The zero-order valence-corrected chi connectivity index (χ0v) is 13.8. The predicted octanol–water partition coefficient (Wildman–Crippen LogP) is 4.46. The standard InChI is InChI=1S/C14H9BrCl2N4/c15-11-6-2-1-4-9(11)8-21-14(18-19-20-21)10-5-3-7-12(16)13(10)17/h1-7H,8H2. The van der Waals surface area contributed by atoms with E-state index in [2.05, 4.69) is 31.5 Å². The number of nitrogens with zero attached hydrogens (tertiary/aromatic N) is 4. The average Bonchev–Trinajstić information content (AvgIpc) is 2.92. The third-order valence-electron chi connectivity index (χ3n) is 3.00. The van der Waals surface area contributed by atoms with Crippen LogP contribution < -0.4 is 0 Å². The molecule has 4 nitrogen and oxygen atoms in total. The molecule has 0 amide bonds. The van der Waals surface area contributed by atoms with E-state index >= 15 is 0 Å². The Balaban J connectivity index is 2.02. The number of hydrogen-bond acceptors (Lipinski definition) is 3. The molecule has 0 bridgehead atoms. The lowest BCUT2D eigenvalue weighted by molar-refractivity contribution is 0.652. The predicted molar refractivity (Wildman–Crippen MR) is 86.5 cm³/mol. The molecule has 0 radical (unpaired) electrons. The maximum Gasteiger partial charge on any atom is 0.183 e. The minimum Gasteiger partial charge on any atom is -0.221 e. The normalized spacial score (nSPS) is 10.8. The summed E-state index contributed by atoms with van der Waals surface area (Å²) >= 11 is 15.8. The van der Waals surface area contributed by atoms with Crippen molar-refractivity contribution in [2.75, 3.05) is 0 Å². The molecule has 3 aromatic rings. The highest BCUT2D eigenvalue weighted by Gasteiger charge is 2.15. The zero-order valence-electron chi connectivity index (χ0n) is 10.7. The number of rotatable bonds is 3. The first-order valence-electron chi connectivity index (χ1n) is 6.11. The molecule has 106 valence electrons. The SMILES string of the molecule is Clc1cccc(-c2nnnn2Cc2ccccc2Br)c1Cl. The van der Waals surface area contributed by atoms with Gasteiger partial charge in [-0.25, -0.2) is 4.68 Å². The molecule has 0 fully saturated rings. The number of aromatic nitrogens is 4. The molecular formula is C14H9BrCl2N4. The fourth-order valence-corrected chi connectivity index (χ4v) is 2.76. The Morgan fingerprint density at radius 3 is 2.67 bits per heavy atom. The van der Waals surface area contributed by atoms with Crippen LogP contribution in [-0.4, -0.2) is 20.2 Å². The van der Waals surface area contributed by atoms with Crippen molar-refractivity contribution >= 4 is 39.1 Å². The first-order chi connectivity index (χ1) is 10.2. The second-order valence-electron chi connectivity index (χ2n) is 4.35. The molecule has 0 unspecified atom stereocenters. The van der Waals surface area contributed by atoms with Gasteiger partial charge in [0, 0.05) is 10.0 Å². The molecule has 2 aromatic carbocycles. The van der Waals surface area contributed by atoms with Gasteiger partial charge >= 0.3 is 0 Å². The molecule has 21 heavy (non-hydrogen) atoms. The van der Waals surface area contributed by atoms with Crippen molar-refractivity contribution in [2.24, 2.45) is 0 Å². The lowest BCUT2D eigenvalue weighted by atomic mass is 10.2. The van der Waals surface area contributed by atoms with Crippen molar-refractivity contribution in [3.05, 3.63) is 62.5 Å². The summed E-state index contributed by atoms with van der Waals surface area (Å²) in [6.45, 7) is 0.534. The molecule has 3 rings (SSSR count). The van der Waals surface area contributed by atoms with Crippen LogP contribution in [0.25, 0.3) is 11.4 Å². The van der Waals surface area contributed by atoms with E-state index in [1.807, 2.05) is 36.4 Å². The Labute approximate surface area is 139 Å². The van der Waals surface area contributed by atoms with E-state index in [-0.39, 0.29) is 0 Å². The van der Waals surface area contributed by atoms with Crippen LogP contribution in [0.1, 0.15) is 5.56 Å². The summed E-state index contributed by atoms with van der Waals surface area (Å²) in [4.78, 5) is 0. The lowest BCUT2D eigenvalue weighted by Crippen LogP contribution is -2.05. The number of tetrazole rings is 1. The van der Waals surface area contributed by atoms with Crippen molar-refractivity contribution in [1.29, 1.82) is 0 Å². The van der Waals surface area contributed by atoms with Gasteiger partial charge in [0.15, 0.2) is 5.82 Å². The van der Waals surface area contributed by atoms with Crippen LogP contribution in [0.15, 0.2) is 46.9 Å². The van der Waals surface area contributed by atoms with Gasteiger partial charge in [-0.05, 0) is 34.2 Å². The number of halogens is 3. The van der Waals surface area contributed by atoms with E-state index < -0.39 is 0 Å². The van der Waals surface area contributed by atoms with Crippen molar-refractivity contribution in [2.45, 2.75) is 6.54 Å². The molecule has 1 heterocycles. The smallest absolute Gasteiger partial charge is 0.183 e. The fourth-order valence-electron chi connectivity index (χ4n) is 1.97. The van der Waals surface area contributed by atoms with Crippen LogP contribution in [0.3, 0.4) is 0 Å². The third kappa shape index (κ3) is 2.95. The Morgan fingerprint density at radius 2 is 1.86 bits per heavy atom. The van der Waals surface area contributed by atoms with Crippen LogP contribution in [0.5, 0.6) is 0 Å². The topological polar surface area (TPSA) is 43.6 Å². The first kappa shape index (κ1) is 14.5. The molecule has 1 aromatic heterocycles. The Kier molecular flexibility index (Phi) is 4.24. The highest BCUT2D eigenvalue weighted by molar-refractivity contribution is 9.10. The van der Waals surface area contributed by atoms with Crippen molar-refractivity contribution in [1.82, 2.24) is 20.2 Å². The van der Waals surface area contributed by atoms with E-state index in [0.29, 0.717) is 28.0 Å². The summed E-state index contributed by atoms with van der Waals surface area (Å²) in [5, 5.41) is 12.8. The van der Waals surface area contributed by atoms with Crippen LogP contribution in [0.2, 0.25) is 10.0 Å². The molecule has 7 heteroatoms. The van der Waals surface area contributed by atoms with Crippen molar-refractivity contribution in [3.8, 4) is 11.4 Å². The molecular weight excluding hydrogens is 375 g/mol. The minimum absolute atomic E-state index is 0.447. The summed E-state index contributed by atoms with van der Waals surface area (Å²) < 4.78 is 2.70. The maximum absolute atomic E-state index is 6.24. The van der Waals surface area contributed by atoms with E-state index in [1.165, 1.54) is 0 Å². The van der Waals surface area contributed by atoms with Gasteiger partial charge in [-0.3, -0.25) is 0 Å². The van der Waals surface area contributed by atoms with E-state index in [0.717, 1.165) is 10.0 Å². The van der Waals surface area contributed by atoms with Gasteiger partial charge in [0.05, 0.1) is 16.6 Å². The molecule has 0 atom stereocenters. The largest absolute Gasteiger partial charge is 0.221 e. The lowest BCUT2D eigenvalue weighted by Gasteiger charge is -2.08. The molecule has 0 saturated carbocycles. The number of hydrogen-bond donors (Lipinski definition) is 0. The van der Waals surface area contributed by atoms with Crippen LogP contribution in [-0.2, 0) is 6.54 Å². The molecule has 0 aliphatic carbocycles. The average molecular weight is 384 g/mol. The van der Waals surface area contributed by atoms with Crippen LogP contribution >= 0.6 is 39.1 Å². The van der Waals surface area contributed by atoms with E-state index in [4.69, 9.17) is 23.2 Å². The highest BCUT2D eigenvalue weighted by Crippen LogP contribution is 2.32. The summed E-state index contributed by atoms with van der Waals surface area (Å²) in [5.41, 5.74) is 1.78. The molecule has 0 spiro atoms. The van der Waals surface area contributed by atoms with Gasteiger partial charge in [0.1, 0.15) is 0 Å². The summed E-state index contributed by atoms with van der Waals surface area (Å²) in [5.74, 6) is 0.582. The summed E-state index contributed by atoms with van der Waals surface area (Å²) in [6.07, 6.45) is 0. The Hall–Kier alpha value is -1.43. The van der Waals surface area contributed by atoms with Gasteiger partial charge in [-0.1, -0.05) is 63.4 Å². The summed E-state index contributed by atoms with van der Waals surface area (Å²) in [7, 11) is 0. The van der Waals surface area contributed by atoms with Gasteiger partial charge < -0.3 is 0 Å². The summed E-state index contributed by atoms with van der Waals surface area (Å²) in [6, 6.07) is 13.3. The van der Waals surface area contributed by atoms with Gasteiger partial charge in [0.25, 0.3) is 0 Å². The van der Waals surface area contributed by atoms with Crippen LogP contribution in [0.4, 0.5) is 0 Å². The molecule has 0 aliphatic heterocycles. The van der Waals surface area contributed by atoms with Crippen molar-refractivity contribution < 1.29 is 0 Å². The molecule has 0 N–H and O–H groups in total. The van der Waals surface area contributed by atoms with Gasteiger partial charge in [-0.15, -0.1) is 5.10 Å². The van der Waals surface area contributed by atoms with Crippen LogP contribution in [0, 0.1) is 0 Å². The van der Waals surface area contributed by atoms with E-state index in [9.17, 15) is 0 Å². The molecule has 0 saturated heterocycles. The minimum atomic E-state index is 0.447. The van der Waals surface area contributed by atoms with Gasteiger partial charge in [0.2, 0.25) is 0 Å². The highest BCUT2D eigenvalue weighted by atomic mass is 79.9. The Bertz CT molecular complexity index is 788. The van der Waals surface area contributed by atoms with Crippen molar-refractivity contribution in [3.63, 3.8) is 0 Å². The molecule has 0 aliphatic rings. The fraction of sp³-hybridized carbons (Fsp3) is 0.0714. The monoisotopic (exact) mass is 382 g/mol. The Morgan fingerprint density at radius 1 is 1.05 bits per heavy atom. The maximum atomic E-state index is 6.24. The quantitative estimate of drug-likeness (QED) is 0.670. The third-order valence-corrected chi connectivity index (χ3v) is 4.59. The number of benzene rings is 2.